The smallest absolute Gasteiger partial charge is 0.410 e. The van der Waals surface area contributed by atoms with E-state index in [1.165, 1.54) is 0 Å². The Hall–Kier alpha value is -2.76. The fourth-order valence-corrected chi connectivity index (χ4v) is 7.74. The van der Waals surface area contributed by atoms with Crippen molar-refractivity contribution in [3.8, 4) is 11.6 Å². The van der Waals surface area contributed by atoms with Gasteiger partial charge in [-0.1, -0.05) is 11.6 Å². The van der Waals surface area contributed by atoms with Crippen molar-refractivity contribution in [1.29, 1.82) is 0 Å². The van der Waals surface area contributed by atoms with E-state index >= 15 is 0 Å². The van der Waals surface area contributed by atoms with Gasteiger partial charge in [0.15, 0.2) is 11.6 Å². The molecular formula is C29H38N4O7. The zero-order valence-corrected chi connectivity index (χ0v) is 23.6. The lowest BCUT2D eigenvalue weighted by molar-refractivity contribution is -0.231. The number of nitrogens with zero attached hydrogens (tertiary/aromatic N) is 3. The SMILES string of the molecule is CC(C)(C)OC(=O)N1Cc2c(nc(-c3onc4c3CCC[C@@]43CCCCC34OCCO4)[nH]c2=O)[C@@]2(CCOC2)C1. The Morgan fingerprint density at radius 2 is 1.77 bits per heavy atom. The third-order valence-corrected chi connectivity index (χ3v) is 9.44. The summed E-state index contributed by atoms with van der Waals surface area (Å²) in [5.74, 6) is 0.225. The second-order valence-corrected chi connectivity index (χ2v) is 13.1. The van der Waals surface area contributed by atoms with Crippen molar-refractivity contribution >= 4 is 6.09 Å². The molecule has 40 heavy (non-hydrogen) atoms. The lowest BCUT2D eigenvalue weighted by Gasteiger charge is -2.50. The van der Waals surface area contributed by atoms with Gasteiger partial charge >= 0.3 is 6.09 Å². The first-order valence-corrected chi connectivity index (χ1v) is 14.6. The fraction of sp³-hybridized carbons (Fsp3) is 0.724. The minimum Gasteiger partial charge on any atom is -0.444 e. The zero-order valence-electron chi connectivity index (χ0n) is 23.6. The van der Waals surface area contributed by atoms with E-state index in [1.807, 2.05) is 20.8 Å². The van der Waals surface area contributed by atoms with Crippen LogP contribution in [0.3, 0.4) is 0 Å². The lowest BCUT2D eigenvalue weighted by Crippen LogP contribution is -2.56. The molecule has 1 amide bonds. The maximum absolute atomic E-state index is 13.6. The lowest BCUT2D eigenvalue weighted by atomic mass is 9.61. The van der Waals surface area contributed by atoms with E-state index in [-0.39, 0.29) is 17.5 Å². The number of fused-ring (bicyclic) bond motifs is 5. The molecule has 3 spiro atoms. The van der Waals surface area contributed by atoms with Crippen LogP contribution in [-0.4, -0.2) is 70.5 Å². The zero-order chi connectivity index (χ0) is 27.8. The third kappa shape index (κ3) is 3.88. The molecule has 1 N–H and O–H groups in total. The summed E-state index contributed by atoms with van der Waals surface area (Å²) in [5, 5.41) is 4.64. The Morgan fingerprint density at radius 3 is 2.52 bits per heavy atom. The van der Waals surface area contributed by atoms with Crippen LogP contribution in [0.15, 0.2) is 9.32 Å². The Morgan fingerprint density at radius 1 is 1.00 bits per heavy atom. The topological polar surface area (TPSA) is 129 Å². The Labute approximate surface area is 232 Å². The molecule has 11 heteroatoms. The molecule has 0 bridgehead atoms. The standard InChI is InChI=1S/C29H38N4O7/c1-26(2,3)39-25(35)33-15-19-21(27(16-33)11-12-36-17-27)30-23(31-24(19)34)20-18-7-6-9-28(22(18)32-40-20)8-4-5-10-29(28)37-13-14-38-29/h4-17H2,1-3H3,(H,30,31,34)/t27-,28-/m0/s1. The van der Waals surface area contributed by atoms with Crippen molar-refractivity contribution in [3.05, 3.63) is 32.9 Å². The summed E-state index contributed by atoms with van der Waals surface area (Å²) in [6.07, 6.45) is 6.80. The summed E-state index contributed by atoms with van der Waals surface area (Å²) in [4.78, 5) is 36.3. The predicted octanol–water partition coefficient (Wildman–Crippen LogP) is 3.72. The van der Waals surface area contributed by atoms with E-state index in [4.69, 9.17) is 28.5 Å². The molecule has 2 saturated heterocycles. The van der Waals surface area contributed by atoms with Gasteiger partial charge in [-0.3, -0.25) is 4.79 Å². The number of carbonyl (C=O) groups is 1. The van der Waals surface area contributed by atoms with Gasteiger partial charge < -0.3 is 33.4 Å². The largest absolute Gasteiger partial charge is 0.444 e. The number of ether oxygens (including phenoxy) is 4. The van der Waals surface area contributed by atoms with Gasteiger partial charge in [0, 0.05) is 25.1 Å². The van der Waals surface area contributed by atoms with E-state index < -0.39 is 22.9 Å². The molecule has 2 atom stereocenters. The molecule has 5 aliphatic rings. The Balaban J connectivity index is 1.30. The highest BCUT2D eigenvalue weighted by atomic mass is 16.7. The fourth-order valence-electron chi connectivity index (χ4n) is 7.74. The van der Waals surface area contributed by atoms with E-state index in [0.29, 0.717) is 62.2 Å². The number of carbonyl (C=O) groups excluding carboxylic acids is 1. The van der Waals surface area contributed by atoms with Crippen LogP contribution < -0.4 is 5.56 Å². The molecule has 11 nitrogen and oxygen atoms in total. The van der Waals surface area contributed by atoms with E-state index in [0.717, 1.165) is 56.2 Å². The average Bonchev–Trinajstić information content (AvgIpc) is 3.67. The number of aromatic nitrogens is 3. The van der Waals surface area contributed by atoms with Crippen LogP contribution in [0.1, 0.15) is 88.2 Å². The summed E-state index contributed by atoms with van der Waals surface area (Å²) >= 11 is 0. The van der Waals surface area contributed by atoms with Gasteiger partial charge in [-0.15, -0.1) is 0 Å². The molecule has 3 aliphatic heterocycles. The molecule has 3 fully saturated rings. The molecule has 216 valence electrons. The molecule has 7 rings (SSSR count). The van der Waals surface area contributed by atoms with Crippen molar-refractivity contribution in [3.63, 3.8) is 0 Å². The van der Waals surface area contributed by atoms with Gasteiger partial charge in [0.05, 0.1) is 54.1 Å². The van der Waals surface area contributed by atoms with Crippen LogP contribution in [-0.2, 0) is 42.7 Å². The maximum Gasteiger partial charge on any atom is 0.410 e. The third-order valence-electron chi connectivity index (χ3n) is 9.44. The normalized spacial score (nSPS) is 29.2. The molecule has 1 saturated carbocycles. The highest BCUT2D eigenvalue weighted by molar-refractivity contribution is 5.69. The number of hydrogen-bond acceptors (Lipinski definition) is 9. The molecule has 2 aromatic heterocycles. The van der Waals surface area contributed by atoms with Crippen LogP contribution in [0.4, 0.5) is 4.79 Å². The summed E-state index contributed by atoms with van der Waals surface area (Å²) < 4.78 is 30.2. The highest BCUT2D eigenvalue weighted by Gasteiger charge is 2.61. The summed E-state index contributed by atoms with van der Waals surface area (Å²) in [7, 11) is 0. The quantitative estimate of drug-likeness (QED) is 0.561. The van der Waals surface area contributed by atoms with E-state index in [9.17, 15) is 9.59 Å². The van der Waals surface area contributed by atoms with Gasteiger partial charge in [-0.2, -0.15) is 0 Å². The molecule has 2 aromatic rings. The molecule has 0 unspecified atom stereocenters. The van der Waals surface area contributed by atoms with E-state index in [1.54, 1.807) is 4.90 Å². The number of H-pyrrole nitrogens is 1. The molecule has 0 radical (unpaired) electrons. The number of aromatic amines is 1. The van der Waals surface area contributed by atoms with Crippen LogP contribution in [0.2, 0.25) is 0 Å². The van der Waals surface area contributed by atoms with Crippen molar-refractivity contribution < 1.29 is 28.3 Å². The molecule has 5 heterocycles. The minimum atomic E-state index is -0.665. The van der Waals surface area contributed by atoms with Gasteiger partial charge in [0.1, 0.15) is 5.60 Å². The second kappa shape index (κ2) is 9.12. The van der Waals surface area contributed by atoms with Crippen LogP contribution in [0.25, 0.3) is 11.6 Å². The number of rotatable bonds is 1. The van der Waals surface area contributed by atoms with Crippen LogP contribution >= 0.6 is 0 Å². The van der Waals surface area contributed by atoms with Gasteiger partial charge in [-0.25, -0.2) is 9.78 Å². The molecule has 0 aromatic carbocycles. The second-order valence-electron chi connectivity index (χ2n) is 13.1. The van der Waals surface area contributed by atoms with Crippen LogP contribution in [0, 0.1) is 0 Å². The first-order chi connectivity index (χ1) is 19.2. The molecular weight excluding hydrogens is 516 g/mol. The summed E-state index contributed by atoms with van der Waals surface area (Å²) in [6.45, 7) is 8.10. The average molecular weight is 555 g/mol. The van der Waals surface area contributed by atoms with Gasteiger partial charge in [0.25, 0.3) is 5.56 Å². The van der Waals surface area contributed by atoms with Crippen molar-refractivity contribution in [2.75, 3.05) is 33.0 Å². The predicted molar refractivity (Wildman–Crippen MR) is 142 cm³/mol. The Bertz CT molecular complexity index is 1380. The first kappa shape index (κ1) is 26.2. The van der Waals surface area contributed by atoms with E-state index in [2.05, 4.69) is 10.1 Å². The highest BCUT2D eigenvalue weighted by Crippen LogP contribution is 2.56. The van der Waals surface area contributed by atoms with Gasteiger partial charge in [0.2, 0.25) is 5.76 Å². The summed E-state index contributed by atoms with van der Waals surface area (Å²) in [5.41, 5.74) is 1.15. The number of nitrogens with one attached hydrogen (secondary N) is 1. The van der Waals surface area contributed by atoms with Crippen molar-refractivity contribution in [1.82, 2.24) is 20.0 Å². The van der Waals surface area contributed by atoms with Crippen molar-refractivity contribution in [2.24, 2.45) is 0 Å². The number of hydrogen-bond donors (Lipinski definition) is 1. The van der Waals surface area contributed by atoms with Crippen molar-refractivity contribution in [2.45, 2.75) is 101 Å². The minimum absolute atomic E-state index is 0.128. The maximum atomic E-state index is 13.6. The first-order valence-electron chi connectivity index (χ1n) is 14.6. The molecule has 2 aliphatic carbocycles. The van der Waals surface area contributed by atoms with Crippen LogP contribution in [0.5, 0.6) is 0 Å². The number of amides is 1. The monoisotopic (exact) mass is 554 g/mol. The van der Waals surface area contributed by atoms with Gasteiger partial charge in [-0.05, 0) is 59.3 Å². The summed E-state index contributed by atoms with van der Waals surface area (Å²) in [6, 6.07) is 0. The Kier molecular flexibility index (Phi) is 5.97.